The Morgan fingerprint density at radius 1 is 0.565 bits per heavy atom. The van der Waals surface area contributed by atoms with Crippen LogP contribution in [0.1, 0.15) is 10.4 Å². The Kier molecular flexibility index (Phi) is 4.34. The van der Waals surface area contributed by atoms with Crippen molar-refractivity contribution in [2.24, 2.45) is 0 Å². The number of rotatable bonds is 1. The molecule has 0 atom stereocenters. The number of hydrogen-bond acceptors (Lipinski definition) is 1. The SMILES string of the molecule is O=C(O)c1ccccc1.c1ccc2cc3ccccc3cc2c1. The van der Waals surface area contributed by atoms with Gasteiger partial charge in [0.25, 0.3) is 0 Å². The van der Waals surface area contributed by atoms with Crippen LogP contribution >= 0.6 is 0 Å². The topological polar surface area (TPSA) is 37.3 Å². The highest BCUT2D eigenvalue weighted by atomic mass is 16.4. The fourth-order valence-electron chi connectivity index (χ4n) is 2.46. The molecule has 0 unspecified atom stereocenters. The Morgan fingerprint density at radius 3 is 1.22 bits per heavy atom. The van der Waals surface area contributed by atoms with E-state index in [9.17, 15) is 4.79 Å². The van der Waals surface area contributed by atoms with E-state index in [-0.39, 0.29) is 0 Å². The van der Waals surface area contributed by atoms with E-state index in [1.165, 1.54) is 21.5 Å². The van der Waals surface area contributed by atoms with Crippen LogP contribution in [0.4, 0.5) is 0 Å². The normalized spacial score (nSPS) is 10.1. The number of hydrogen-bond donors (Lipinski definition) is 1. The van der Waals surface area contributed by atoms with Crippen molar-refractivity contribution in [2.45, 2.75) is 0 Å². The van der Waals surface area contributed by atoms with Crippen LogP contribution in [0.15, 0.2) is 91.0 Å². The largest absolute Gasteiger partial charge is 0.478 e. The molecule has 4 aromatic rings. The van der Waals surface area contributed by atoms with Gasteiger partial charge in [-0.1, -0.05) is 66.7 Å². The molecule has 0 aliphatic carbocycles. The van der Waals surface area contributed by atoms with E-state index in [4.69, 9.17) is 5.11 Å². The molecule has 2 nitrogen and oxygen atoms in total. The first kappa shape index (κ1) is 14.8. The highest BCUT2D eigenvalue weighted by molar-refractivity contribution is 5.98. The first-order chi connectivity index (χ1) is 11.2. The lowest BCUT2D eigenvalue weighted by Gasteiger charge is -2.00. The third kappa shape index (κ3) is 3.55. The Morgan fingerprint density at radius 2 is 0.913 bits per heavy atom. The van der Waals surface area contributed by atoms with Gasteiger partial charge in [-0.25, -0.2) is 4.79 Å². The molecule has 4 rings (SSSR count). The summed E-state index contributed by atoms with van der Waals surface area (Å²) in [6, 6.07) is 29.7. The molecule has 0 spiro atoms. The van der Waals surface area contributed by atoms with Crippen LogP contribution in [0.25, 0.3) is 21.5 Å². The van der Waals surface area contributed by atoms with Crippen LogP contribution in [0, 0.1) is 0 Å². The molecule has 112 valence electrons. The number of aromatic carboxylic acids is 1. The molecule has 0 saturated carbocycles. The number of fused-ring (bicyclic) bond motifs is 2. The molecule has 2 heteroatoms. The maximum absolute atomic E-state index is 10.2. The smallest absolute Gasteiger partial charge is 0.335 e. The second-order valence-corrected chi connectivity index (χ2v) is 5.22. The Balaban J connectivity index is 0.000000151. The lowest BCUT2D eigenvalue weighted by molar-refractivity contribution is 0.0697. The van der Waals surface area contributed by atoms with Gasteiger partial charge in [-0.3, -0.25) is 0 Å². The van der Waals surface area contributed by atoms with Gasteiger partial charge >= 0.3 is 5.97 Å². The van der Waals surface area contributed by atoms with Crippen molar-refractivity contribution in [1.82, 2.24) is 0 Å². The summed E-state index contributed by atoms with van der Waals surface area (Å²) in [5, 5.41) is 13.6. The molecular weight excluding hydrogens is 284 g/mol. The molecule has 1 N–H and O–H groups in total. The average molecular weight is 300 g/mol. The Bertz CT molecular complexity index is 838. The minimum Gasteiger partial charge on any atom is -0.478 e. The second-order valence-electron chi connectivity index (χ2n) is 5.22. The fourth-order valence-corrected chi connectivity index (χ4v) is 2.46. The van der Waals surface area contributed by atoms with Crippen LogP contribution in [0.5, 0.6) is 0 Å². The fraction of sp³-hybridized carbons (Fsp3) is 0. The van der Waals surface area contributed by atoms with Crippen molar-refractivity contribution < 1.29 is 9.90 Å². The van der Waals surface area contributed by atoms with Crippen molar-refractivity contribution in [3.63, 3.8) is 0 Å². The van der Waals surface area contributed by atoms with Crippen molar-refractivity contribution >= 4 is 27.5 Å². The quantitative estimate of drug-likeness (QED) is 0.479. The zero-order chi connectivity index (χ0) is 16.1. The molecule has 0 heterocycles. The van der Waals surface area contributed by atoms with Gasteiger partial charge in [-0.2, -0.15) is 0 Å². The van der Waals surface area contributed by atoms with Gasteiger partial charge in [0.1, 0.15) is 0 Å². The number of carboxylic acid groups (broad SMARTS) is 1. The maximum Gasteiger partial charge on any atom is 0.335 e. The van der Waals surface area contributed by atoms with E-state index in [0.717, 1.165) is 0 Å². The minimum absolute atomic E-state index is 0.331. The highest BCUT2D eigenvalue weighted by Gasteiger charge is 1.97. The van der Waals surface area contributed by atoms with Gasteiger partial charge in [0.05, 0.1) is 5.56 Å². The monoisotopic (exact) mass is 300 g/mol. The van der Waals surface area contributed by atoms with Crippen LogP contribution in [0.2, 0.25) is 0 Å². The maximum atomic E-state index is 10.2. The van der Waals surface area contributed by atoms with Crippen molar-refractivity contribution in [1.29, 1.82) is 0 Å². The van der Waals surface area contributed by atoms with E-state index in [0.29, 0.717) is 5.56 Å². The third-order valence-electron chi connectivity index (χ3n) is 3.63. The summed E-state index contributed by atoms with van der Waals surface area (Å²) in [6.45, 7) is 0. The molecule has 4 aromatic carbocycles. The van der Waals surface area contributed by atoms with Crippen LogP contribution in [0.3, 0.4) is 0 Å². The van der Waals surface area contributed by atoms with Gasteiger partial charge in [-0.15, -0.1) is 0 Å². The summed E-state index contributed by atoms with van der Waals surface area (Å²) in [7, 11) is 0. The number of carboxylic acids is 1. The highest BCUT2D eigenvalue weighted by Crippen LogP contribution is 2.21. The first-order valence-electron chi connectivity index (χ1n) is 7.40. The van der Waals surface area contributed by atoms with Gasteiger partial charge in [0, 0.05) is 0 Å². The summed E-state index contributed by atoms with van der Waals surface area (Å²) < 4.78 is 0. The Hall–Kier alpha value is -3.13. The van der Waals surface area contributed by atoms with Gasteiger partial charge in [0.2, 0.25) is 0 Å². The number of carbonyl (C=O) groups is 1. The van der Waals surface area contributed by atoms with E-state index in [1.54, 1.807) is 30.3 Å². The average Bonchev–Trinajstić information content (AvgIpc) is 2.61. The van der Waals surface area contributed by atoms with Crippen molar-refractivity contribution in [2.75, 3.05) is 0 Å². The molecule has 0 radical (unpaired) electrons. The molecule has 23 heavy (non-hydrogen) atoms. The second kappa shape index (κ2) is 6.75. The molecule has 0 aromatic heterocycles. The standard InChI is InChI=1S/C14H10.C7H6O2/c1-2-6-12-10-14-8-4-3-7-13(14)9-11(12)5-1;8-7(9)6-4-2-1-3-5-6/h1-10H;1-5H,(H,8,9). The van der Waals surface area contributed by atoms with E-state index >= 15 is 0 Å². The van der Waals surface area contributed by atoms with Crippen LogP contribution in [-0.4, -0.2) is 11.1 Å². The summed E-state index contributed by atoms with van der Waals surface area (Å²) >= 11 is 0. The molecule has 0 aliphatic rings. The number of benzene rings is 4. The van der Waals surface area contributed by atoms with Gasteiger partial charge < -0.3 is 5.11 Å². The molecule has 0 saturated heterocycles. The minimum atomic E-state index is -0.879. The predicted octanol–water partition coefficient (Wildman–Crippen LogP) is 5.38. The summed E-state index contributed by atoms with van der Waals surface area (Å²) in [6.07, 6.45) is 0. The van der Waals surface area contributed by atoms with E-state index < -0.39 is 5.97 Å². The molecule has 0 fully saturated rings. The molecule has 0 aliphatic heterocycles. The van der Waals surface area contributed by atoms with Gasteiger partial charge in [-0.05, 0) is 45.8 Å². The summed E-state index contributed by atoms with van der Waals surface area (Å²) in [5.74, 6) is -0.879. The summed E-state index contributed by atoms with van der Waals surface area (Å²) in [5.41, 5.74) is 0.331. The van der Waals surface area contributed by atoms with Crippen molar-refractivity contribution in [3.05, 3.63) is 96.6 Å². The van der Waals surface area contributed by atoms with Crippen LogP contribution in [-0.2, 0) is 0 Å². The molecule has 0 bridgehead atoms. The van der Waals surface area contributed by atoms with Crippen molar-refractivity contribution in [3.8, 4) is 0 Å². The lowest BCUT2D eigenvalue weighted by atomic mass is 10.0. The molecular formula is C21H16O2. The Labute approximate surface area is 134 Å². The van der Waals surface area contributed by atoms with Crippen LogP contribution < -0.4 is 0 Å². The zero-order valence-corrected chi connectivity index (χ0v) is 12.5. The summed E-state index contributed by atoms with van der Waals surface area (Å²) in [4.78, 5) is 10.2. The predicted molar refractivity (Wildman–Crippen MR) is 94.9 cm³/mol. The first-order valence-corrected chi connectivity index (χ1v) is 7.40. The van der Waals surface area contributed by atoms with E-state index in [1.807, 2.05) is 0 Å². The zero-order valence-electron chi connectivity index (χ0n) is 12.5. The van der Waals surface area contributed by atoms with E-state index in [2.05, 4.69) is 60.7 Å². The lowest BCUT2D eigenvalue weighted by Crippen LogP contribution is -1.93. The third-order valence-corrected chi connectivity index (χ3v) is 3.63. The van der Waals surface area contributed by atoms with Gasteiger partial charge in [0.15, 0.2) is 0 Å². The molecule has 0 amide bonds.